The minimum absolute atomic E-state index is 0.610. The van der Waals surface area contributed by atoms with Crippen LogP contribution in [0.3, 0.4) is 0 Å². The standard InChI is InChI=1S/C6H11NS/c1-5-3-7-6(2)8-4-5/h4,6-7H,3H2,1-2H3. The molecule has 1 aliphatic heterocycles. The lowest BCUT2D eigenvalue weighted by Crippen LogP contribution is -2.26. The minimum Gasteiger partial charge on any atom is -0.301 e. The van der Waals surface area contributed by atoms with E-state index in [0.717, 1.165) is 6.54 Å². The zero-order valence-electron chi connectivity index (χ0n) is 5.27. The molecule has 46 valence electrons. The largest absolute Gasteiger partial charge is 0.301 e. The van der Waals surface area contributed by atoms with Crippen molar-refractivity contribution >= 4 is 11.8 Å². The molecule has 0 spiro atoms. The molecule has 0 radical (unpaired) electrons. The van der Waals surface area contributed by atoms with E-state index in [9.17, 15) is 0 Å². The average Bonchev–Trinajstić information content (AvgIpc) is 1.77. The minimum atomic E-state index is 0.610. The number of rotatable bonds is 0. The van der Waals surface area contributed by atoms with E-state index in [1.165, 1.54) is 5.57 Å². The van der Waals surface area contributed by atoms with Crippen molar-refractivity contribution in [1.29, 1.82) is 0 Å². The fraction of sp³-hybridized carbons (Fsp3) is 0.667. The van der Waals surface area contributed by atoms with Gasteiger partial charge in [0.1, 0.15) is 0 Å². The van der Waals surface area contributed by atoms with Crippen LogP contribution in [0.2, 0.25) is 0 Å². The molecule has 1 aliphatic rings. The molecule has 0 aromatic carbocycles. The molecule has 1 nitrogen and oxygen atoms in total. The average molecular weight is 129 g/mol. The monoisotopic (exact) mass is 129 g/mol. The van der Waals surface area contributed by atoms with Crippen molar-refractivity contribution < 1.29 is 0 Å². The second-order valence-electron chi connectivity index (χ2n) is 2.12. The lowest BCUT2D eigenvalue weighted by atomic mass is 10.3. The van der Waals surface area contributed by atoms with E-state index in [2.05, 4.69) is 24.6 Å². The van der Waals surface area contributed by atoms with Crippen molar-refractivity contribution in [3.8, 4) is 0 Å². The Kier molecular flexibility index (Phi) is 1.97. The normalized spacial score (nSPS) is 29.8. The Balaban J connectivity index is 2.42. The highest BCUT2D eigenvalue weighted by Crippen LogP contribution is 2.15. The Hall–Kier alpha value is 0.0500. The molecule has 0 aromatic heterocycles. The highest BCUT2D eigenvalue weighted by atomic mass is 32.2. The molecule has 1 atom stereocenters. The van der Waals surface area contributed by atoms with Gasteiger partial charge in [-0.2, -0.15) is 0 Å². The molecule has 0 amide bonds. The first-order valence-electron chi connectivity index (χ1n) is 2.83. The van der Waals surface area contributed by atoms with Crippen LogP contribution < -0.4 is 5.32 Å². The molecule has 2 heteroatoms. The highest BCUT2D eigenvalue weighted by molar-refractivity contribution is 8.02. The third kappa shape index (κ3) is 1.53. The van der Waals surface area contributed by atoms with E-state index in [0.29, 0.717) is 5.37 Å². The van der Waals surface area contributed by atoms with E-state index >= 15 is 0 Å². The molecule has 1 N–H and O–H groups in total. The Morgan fingerprint density at radius 3 is 3.00 bits per heavy atom. The summed E-state index contributed by atoms with van der Waals surface area (Å²) in [6.07, 6.45) is 0. The summed E-state index contributed by atoms with van der Waals surface area (Å²) in [5, 5.41) is 6.16. The molecule has 0 bridgehead atoms. The van der Waals surface area contributed by atoms with Crippen LogP contribution in [0.4, 0.5) is 0 Å². The van der Waals surface area contributed by atoms with Gasteiger partial charge in [-0.15, -0.1) is 11.8 Å². The van der Waals surface area contributed by atoms with Crippen LogP contribution in [0.25, 0.3) is 0 Å². The van der Waals surface area contributed by atoms with Gasteiger partial charge in [-0.1, -0.05) is 5.57 Å². The van der Waals surface area contributed by atoms with Crippen LogP contribution in [0.1, 0.15) is 13.8 Å². The third-order valence-electron chi connectivity index (χ3n) is 1.14. The first-order valence-corrected chi connectivity index (χ1v) is 3.78. The van der Waals surface area contributed by atoms with Gasteiger partial charge in [0.25, 0.3) is 0 Å². The van der Waals surface area contributed by atoms with Crippen molar-refractivity contribution in [3.05, 3.63) is 11.0 Å². The maximum Gasteiger partial charge on any atom is 0.0547 e. The van der Waals surface area contributed by atoms with Gasteiger partial charge < -0.3 is 5.32 Å². The fourth-order valence-corrected chi connectivity index (χ4v) is 1.31. The molecule has 0 aromatic rings. The van der Waals surface area contributed by atoms with Gasteiger partial charge in [-0.05, 0) is 19.3 Å². The van der Waals surface area contributed by atoms with E-state index < -0.39 is 0 Å². The van der Waals surface area contributed by atoms with Gasteiger partial charge in [0, 0.05) is 6.54 Å². The quantitative estimate of drug-likeness (QED) is 0.533. The van der Waals surface area contributed by atoms with E-state index in [4.69, 9.17) is 0 Å². The Morgan fingerprint density at radius 2 is 2.62 bits per heavy atom. The van der Waals surface area contributed by atoms with Crippen molar-refractivity contribution in [2.45, 2.75) is 19.2 Å². The number of hydrogen-bond acceptors (Lipinski definition) is 2. The Labute approximate surface area is 54.5 Å². The highest BCUT2D eigenvalue weighted by Gasteiger charge is 2.04. The van der Waals surface area contributed by atoms with Gasteiger partial charge in [0.15, 0.2) is 0 Å². The molecule has 0 aliphatic carbocycles. The van der Waals surface area contributed by atoms with Crippen molar-refractivity contribution in [3.63, 3.8) is 0 Å². The lowest BCUT2D eigenvalue weighted by Gasteiger charge is -2.16. The van der Waals surface area contributed by atoms with Crippen LogP contribution in [0, 0.1) is 0 Å². The predicted octanol–water partition coefficient (Wildman–Crippen LogP) is 1.57. The summed E-state index contributed by atoms with van der Waals surface area (Å²) < 4.78 is 0. The van der Waals surface area contributed by atoms with Crippen LogP contribution in [0.15, 0.2) is 11.0 Å². The fourth-order valence-electron chi connectivity index (χ4n) is 0.613. The molecule has 1 rings (SSSR count). The third-order valence-corrected chi connectivity index (χ3v) is 2.26. The second kappa shape index (κ2) is 2.55. The zero-order chi connectivity index (χ0) is 5.98. The maximum absolute atomic E-state index is 3.33. The molecular formula is C6H11NS. The number of thioether (sulfide) groups is 1. The second-order valence-corrected chi connectivity index (χ2v) is 3.34. The molecule has 8 heavy (non-hydrogen) atoms. The maximum atomic E-state index is 3.33. The SMILES string of the molecule is CC1=CSC(C)NC1. The summed E-state index contributed by atoms with van der Waals surface area (Å²) in [5.41, 5.74) is 1.44. The lowest BCUT2D eigenvalue weighted by molar-refractivity contribution is 0.727. The van der Waals surface area contributed by atoms with Crippen molar-refractivity contribution in [2.75, 3.05) is 6.54 Å². The topological polar surface area (TPSA) is 12.0 Å². The van der Waals surface area contributed by atoms with E-state index in [1.54, 1.807) is 0 Å². The Bertz CT molecular complexity index is 109. The van der Waals surface area contributed by atoms with Crippen LogP contribution in [-0.2, 0) is 0 Å². The van der Waals surface area contributed by atoms with Crippen LogP contribution >= 0.6 is 11.8 Å². The van der Waals surface area contributed by atoms with Gasteiger partial charge in [0.2, 0.25) is 0 Å². The molecule has 1 unspecified atom stereocenters. The summed E-state index contributed by atoms with van der Waals surface area (Å²) in [5.74, 6) is 0. The first kappa shape index (κ1) is 6.17. The summed E-state index contributed by atoms with van der Waals surface area (Å²) >= 11 is 1.85. The molecular weight excluding hydrogens is 118 g/mol. The summed E-state index contributed by atoms with van der Waals surface area (Å²) in [6, 6.07) is 0. The predicted molar refractivity (Wildman–Crippen MR) is 38.8 cm³/mol. The molecule has 0 fully saturated rings. The van der Waals surface area contributed by atoms with Crippen LogP contribution in [-0.4, -0.2) is 11.9 Å². The van der Waals surface area contributed by atoms with Gasteiger partial charge in [-0.25, -0.2) is 0 Å². The van der Waals surface area contributed by atoms with Crippen molar-refractivity contribution in [1.82, 2.24) is 5.32 Å². The van der Waals surface area contributed by atoms with Gasteiger partial charge in [-0.3, -0.25) is 0 Å². The summed E-state index contributed by atoms with van der Waals surface area (Å²) in [4.78, 5) is 0. The number of hydrogen-bond donors (Lipinski definition) is 1. The smallest absolute Gasteiger partial charge is 0.0547 e. The van der Waals surface area contributed by atoms with E-state index in [-0.39, 0.29) is 0 Å². The van der Waals surface area contributed by atoms with Crippen LogP contribution in [0.5, 0.6) is 0 Å². The van der Waals surface area contributed by atoms with E-state index in [1.807, 2.05) is 11.8 Å². The Morgan fingerprint density at radius 1 is 1.88 bits per heavy atom. The zero-order valence-corrected chi connectivity index (χ0v) is 6.09. The molecule has 0 saturated carbocycles. The molecule has 0 saturated heterocycles. The summed E-state index contributed by atoms with van der Waals surface area (Å²) in [6.45, 7) is 5.38. The molecule has 1 heterocycles. The summed E-state index contributed by atoms with van der Waals surface area (Å²) in [7, 11) is 0. The number of nitrogens with one attached hydrogen (secondary N) is 1. The van der Waals surface area contributed by atoms with Crippen molar-refractivity contribution in [2.24, 2.45) is 0 Å². The van der Waals surface area contributed by atoms with Gasteiger partial charge in [0.05, 0.1) is 5.37 Å². The van der Waals surface area contributed by atoms with Gasteiger partial charge >= 0.3 is 0 Å². The first-order chi connectivity index (χ1) is 3.79.